The van der Waals surface area contributed by atoms with Gasteiger partial charge >= 0.3 is 5.97 Å². The lowest BCUT2D eigenvalue weighted by atomic mass is 9.92. The molecule has 27 heavy (non-hydrogen) atoms. The number of furan rings is 1. The third kappa shape index (κ3) is 3.75. The minimum Gasteiger partial charge on any atom is -0.465 e. The highest BCUT2D eigenvalue weighted by molar-refractivity contribution is 6.26. The van der Waals surface area contributed by atoms with E-state index in [1.165, 1.54) is 14.0 Å². The third-order valence-corrected chi connectivity index (χ3v) is 4.31. The monoisotopic (exact) mass is 360 g/mol. The van der Waals surface area contributed by atoms with Crippen molar-refractivity contribution in [2.24, 2.45) is 0 Å². The van der Waals surface area contributed by atoms with E-state index < -0.39 is 5.97 Å². The summed E-state index contributed by atoms with van der Waals surface area (Å²) in [6.07, 6.45) is 0. The Balaban J connectivity index is 2.37. The number of methoxy groups -OCH3 is 1. The molecule has 0 aliphatic rings. The van der Waals surface area contributed by atoms with Crippen LogP contribution in [-0.2, 0) is 9.53 Å². The Morgan fingerprint density at radius 3 is 1.93 bits per heavy atom. The summed E-state index contributed by atoms with van der Waals surface area (Å²) in [5, 5.41) is 0. The van der Waals surface area contributed by atoms with E-state index >= 15 is 0 Å². The Morgan fingerprint density at radius 2 is 1.44 bits per heavy atom. The minimum atomic E-state index is -0.474. The van der Waals surface area contributed by atoms with Gasteiger partial charge in [0.2, 0.25) is 0 Å². The first-order valence-corrected chi connectivity index (χ1v) is 8.58. The Kier molecular flexibility index (Phi) is 5.36. The number of ether oxygens (including phenoxy) is 1. The van der Waals surface area contributed by atoms with Gasteiger partial charge in [-0.1, -0.05) is 60.7 Å². The van der Waals surface area contributed by atoms with Crippen molar-refractivity contribution in [1.82, 2.24) is 0 Å². The molecule has 0 aliphatic carbocycles. The fraction of sp³-hybridized carbons (Fsp3) is 0.130. The molecule has 2 aromatic carbocycles. The number of rotatable bonds is 5. The van der Waals surface area contributed by atoms with Crippen molar-refractivity contribution in [3.63, 3.8) is 0 Å². The molecule has 136 valence electrons. The summed E-state index contributed by atoms with van der Waals surface area (Å²) in [6.45, 7) is 3.23. The zero-order valence-corrected chi connectivity index (χ0v) is 15.5. The predicted molar refractivity (Wildman–Crippen MR) is 104 cm³/mol. The topological polar surface area (TPSA) is 56.5 Å². The summed E-state index contributed by atoms with van der Waals surface area (Å²) >= 11 is 0. The highest BCUT2D eigenvalue weighted by Gasteiger charge is 2.24. The van der Waals surface area contributed by atoms with Crippen LogP contribution in [0.15, 0.2) is 71.1 Å². The first-order valence-electron chi connectivity index (χ1n) is 8.58. The number of benzene rings is 2. The largest absolute Gasteiger partial charge is 0.465 e. The number of hydrogen-bond donors (Lipinski definition) is 0. The van der Waals surface area contributed by atoms with Crippen LogP contribution in [0, 0.1) is 6.92 Å². The molecule has 0 unspecified atom stereocenters. The van der Waals surface area contributed by atoms with Gasteiger partial charge in [0.15, 0.2) is 5.78 Å². The predicted octanol–water partition coefficient (Wildman–Crippen LogP) is 4.92. The summed E-state index contributed by atoms with van der Waals surface area (Å²) in [5.74, 6) is 0.407. The SMILES string of the molecule is COC(=O)/C(=C(\c1ccccc1)c1cc(C(C)=O)c(C)o1)c1ccccc1. The maximum atomic E-state index is 12.7. The van der Waals surface area contributed by atoms with Gasteiger partial charge in [-0.15, -0.1) is 0 Å². The highest BCUT2D eigenvalue weighted by Crippen LogP contribution is 2.35. The number of aryl methyl sites for hydroxylation is 1. The second kappa shape index (κ2) is 7.87. The molecule has 0 saturated carbocycles. The maximum absolute atomic E-state index is 12.7. The van der Waals surface area contributed by atoms with Crippen LogP contribution in [0.4, 0.5) is 0 Å². The van der Waals surface area contributed by atoms with Crippen molar-refractivity contribution in [2.45, 2.75) is 13.8 Å². The van der Waals surface area contributed by atoms with Gasteiger partial charge in [-0.05, 0) is 31.0 Å². The Hall–Kier alpha value is -3.40. The zero-order chi connectivity index (χ0) is 19.4. The Morgan fingerprint density at radius 1 is 0.889 bits per heavy atom. The molecule has 0 atom stereocenters. The van der Waals surface area contributed by atoms with Gasteiger partial charge in [-0.2, -0.15) is 0 Å². The van der Waals surface area contributed by atoms with Gasteiger partial charge < -0.3 is 9.15 Å². The quantitative estimate of drug-likeness (QED) is 0.280. The van der Waals surface area contributed by atoms with Crippen LogP contribution in [0.3, 0.4) is 0 Å². The Labute approximate surface area is 158 Å². The van der Waals surface area contributed by atoms with E-state index in [0.717, 1.165) is 5.56 Å². The van der Waals surface area contributed by atoms with Gasteiger partial charge in [-0.25, -0.2) is 4.79 Å². The summed E-state index contributed by atoms with van der Waals surface area (Å²) in [5.41, 5.74) is 2.97. The molecule has 0 fully saturated rings. The highest BCUT2D eigenvalue weighted by atomic mass is 16.5. The van der Waals surface area contributed by atoms with E-state index in [2.05, 4.69) is 0 Å². The standard InChI is InChI=1S/C23H20O4/c1-15(24)19-14-20(27-16(19)2)21(17-10-6-4-7-11-17)22(23(25)26-3)18-12-8-5-9-13-18/h4-14H,1-3H3/b22-21+. The van der Waals surface area contributed by atoms with Crippen LogP contribution in [0.5, 0.6) is 0 Å². The molecule has 3 aromatic rings. The molecule has 0 saturated heterocycles. The van der Waals surface area contributed by atoms with Crippen molar-refractivity contribution in [2.75, 3.05) is 7.11 Å². The van der Waals surface area contributed by atoms with E-state index in [1.54, 1.807) is 13.0 Å². The first kappa shape index (κ1) is 18.4. The molecule has 1 heterocycles. The van der Waals surface area contributed by atoms with E-state index in [-0.39, 0.29) is 5.78 Å². The van der Waals surface area contributed by atoms with Crippen molar-refractivity contribution in [3.05, 3.63) is 94.9 Å². The van der Waals surface area contributed by atoms with Gasteiger partial charge in [0.25, 0.3) is 0 Å². The second-order valence-electron chi connectivity index (χ2n) is 6.11. The van der Waals surface area contributed by atoms with Crippen LogP contribution in [0.1, 0.15) is 39.9 Å². The van der Waals surface area contributed by atoms with E-state index in [1.807, 2.05) is 60.7 Å². The normalized spacial score (nSPS) is 11.7. The lowest BCUT2D eigenvalue weighted by Gasteiger charge is -2.13. The average Bonchev–Trinajstić information content (AvgIpc) is 3.08. The van der Waals surface area contributed by atoms with Crippen molar-refractivity contribution < 1.29 is 18.7 Å². The first-order chi connectivity index (χ1) is 13.0. The van der Waals surface area contributed by atoms with E-state index in [9.17, 15) is 9.59 Å². The summed E-state index contributed by atoms with van der Waals surface area (Å²) in [4.78, 5) is 24.6. The third-order valence-electron chi connectivity index (χ3n) is 4.31. The molecule has 4 nitrogen and oxygen atoms in total. The molecule has 0 radical (unpaired) electrons. The van der Waals surface area contributed by atoms with Crippen LogP contribution >= 0.6 is 0 Å². The average molecular weight is 360 g/mol. The second-order valence-corrected chi connectivity index (χ2v) is 6.11. The molecule has 0 bridgehead atoms. The van der Waals surface area contributed by atoms with Crippen molar-refractivity contribution >= 4 is 22.9 Å². The summed E-state index contributed by atoms with van der Waals surface area (Å²) < 4.78 is 11.0. The molecule has 0 amide bonds. The fourth-order valence-electron chi connectivity index (χ4n) is 3.04. The minimum absolute atomic E-state index is 0.0887. The molecule has 1 aromatic heterocycles. The van der Waals surface area contributed by atoms with Crippen molar-refractivity contribution in [3.8, 4) is 0 Å². The van der Waals surface area contributed by atoms with Gasteiger partial charge in [0.05, 0.1) is 18.2 Å². The lowest BCUT2D eigenvalue weighted by molar-refractivity contribution is -0.133. The summed E-state index contributed by atoms with van der Waals surface area (Å²) in [6, 6.07) is 20.4. The van der Waals surface area contributed by atoms with Crippen LogP contribution in [0.2, 0.25) is 0 Å². The van der Waals surface area contributed by atoms with E-state index in [4.69, 9.17) is 9.15 Å². The molecular weight excluding hydrogens is 340 g/mol. The number of Topliss-reactive ketones (excluding diaryl/α,β-unsaturated/α-hetero) is 1. The number of ketones is 1. The molecule has 3 rings (SSSR count). The molecular formula is C23H20O4. The fourth-order valence-corrected chi connectivity index (χ4v) is 3.04. The number of esters is 1. The van der Waals surface area contributed by atoms with Crippen molar-refractivity contribution in [1.29, 1.82) is 0 Å². The molecule has 0 spiro atoms. The molecule has 4 heteroatoms. The smallest absolute Gasteiger partial charge is 0.339 e. The van der Waals surface area contributed by atoms with Gasteiger partial charge in [0.1, 0.15) is 11.5 Å². The van der Waals surface area contributed by atoms with Gasteiger partial charge in [-0.3, -0.25) is 4.79 Å². The number of hydrogen-bond acceptors (Lipinski definition) is 4. The van der Waals surface area contributed by atoms with Crippen LogP contribution in [0.25, 0.3) is 11.1 Å². The molecule has 0 aliphatic heterocycles. The maximum Gasteiger partial charge on any atom is 0.339 e. The van der Waals surface area contributed by atoms with Gasteiger partial charge in [0, 0.05) is 5.57 Å². The van der Waals surface area contributed by atoms with Crippen LogP contribution < -0.4 is 0 Å². The lowest BCUT2D eigenvalue weighted by Crippen LogP contribution is -2.07. The Bertz CT molecular complexity index is 995. The van der Waals surface area contributed by atoms with Crippen LogP contribution in [-0.4, -0.2) is 18.9 Å². The number of carbonyl (C=O) groups is 2. The number of carbonyl (C=O) groups excluding carboxylic acids is 2. The summed E-state index contributed by atoms with van der Waals surface area (Å²) in [7, 11) is 1.35. The zero-order valence-electron chi connectivity index (χ0n) is 15.5. The van der Waals surface area contributed by atoms with E-state index in [0.29, 0.717) is 33.8 Å². The molecule has 0 N–H and O–H groups in total.